The Kier molecular flexibility index (Phi) is 47.0. The van der Waals surface area contributed by atoms with Crippen LogP contribution in [0.2, 0.25) is 0 Å². The molecule has 0 amide bonds. The van der Waals surface area contributed by atoms with Gasteiger partial charge in [0.2, 0.25) is 0 Å². The fourth-order valence-corrected chi connectivity index (χ4v) is 8.18. The van der Waals surface area contributed by atoms with E-state index in [4.69, 9.17) is 18.9 Å². The second kappa shape index (κ2) is 48.5. The first kappa shape index (κ1) is 63.0. The summed E-state index contributed by atoms with van der Waals surface area (Å²) in [6.07, 6.45) is 51.2. The molecule has 2 unspecified atom stereocenters. The third-order valence-corrected chi connectivity index (χ3v) is 12.5. The number of aliphatic carboxylic acids is 1. The molecule has 0 aliphatic rings. The van der Waals surface area contributed by atoms with E-state index < -0.39 is 24.3 Å². The number of carbonyl (C=O) groups is 3. The molecule has 0 fully saturated rings. The summed E-state index contributed by atoms with van der Waals surface area (Å²) in [5.41, 5.74) is 0. The van der Waals surface area contributed by atoms with Crippen molar-refractivity contribution in [2.24, 2.45) is 0 Å². The molecule has 0 aromatic rings. The van der Waals surface area contributed by atoms with E-state index >= 15 is 0 Å². The van der Waals surface area contributed by atoms with Crippen molar-refractivity contribution in [3.63, 3.8) is 0 Å². The first-order valence-corrected chi connectivity index (χ1v) is 27.8. The number of hydrogen-bond donors (Lipinski definition) is 0. The average molecular weight is 922 g/mol. The SMILES string of the molecule is CCCCCCC/C=C\CCCCCCCC(=O)OC(COC(=O)CCCCCCCCCCCCCCCCCCCCCCCCCCCC)COC(OCC[N+](C)(C)C)C(=O)[O-]. The lowest BCUT2D eigenvalue weighted by molar-refractivity contribution is -0.870. The monoisotopic (exact) mass is 922 g/mol. The van der Waals surface area contributed by atoms with Crippen LogP contribution < -0.4 is 5.11 Å². The van der Waals surface area contributed by atoms with Crippen LogP contribution in [0.5, 0.6) is 0 Å². The first-order valence-electron chi connectivity index (χ1n) is 27.8. The molecule has 0 aliphatic heterocycles. The number of likely N-dealkylation sites (N-methyl/N-ethyl adjacent to an activating group) is 1. The number of rotatable bonds is 52. The Balaban J connectivity index is 4.15. The molecule has 9 nitrogen and oxygen atoms in total. The number of esters is 2. The predicted octanol–water partition coefficient (Wildman–Crippen LogP) is 14.5. The third-order valence-electron chi connectivity index (χ3n) is 12.5. The fourth-order valence-electron chi connectivity index (χ4n) is 8.18. The van der Waals surface area contributed by atoms with Crippen molar-refractivity contribution < 1.29 is 42.9 Å². The summed E-state index contributed by atoms with van der Waals surface area (Å²) in [6.45, 7) is 4.77. The van der Waals surface area contributed by atoms with Crippen molar-refractivity contribution in [3.8, 4) is 0 Å². The number of quaternary nitrogens is 1. The minimum absolute atomic E-state index is 0.149. The highest BCUT2D eigenvalue weighted by atomic mass is 16.7. The van der Waals surface area contributed by atoms with Crippen LogP contribution in [-0.4, -0.2) is 82.3 Å². The van der Waals surface area contributed by atoms with Gasteiger partial charge in [0.05, 0.1) is 40.3 Å². The van der Waals surface area contributed by atoms with Gasteiger partial charge in [0.1, 0.15) is 13.2 Å². The predicted molar refractivity (Wildman–Crippen MR) is 270 cm³/mol. The maximum Gasteiger partial charge on any atom is 0.306 e. The molecule has 0 rings (SSSR count). The molecule has 0 N–H and O–H groups in total. The lowest BCUT2D eigenvalue weighted by Crippen LogP contribution is -2.44. The topological polar surface area (TPSA) is 111 Å². The maximum absolute atomic E-state index is 12.8. The van der Waals surface area contributed by atoms with Gasteiger partial charge in [-0.25, -0.2) is 0 Å². The molecule has 0 aliphatic carbocycles. The van der Waals surface area contributed by atoms with Gasteiger partial charge < -0.3 is 33.3 Å². The van der Waals surface area contributed by atoms with Crippen molar-refractivity contribution in [1.29, 1.82) is 0 Å². The second-order valence-corrected chi connectivity index (χ2v) is 20.2. The van der Waals surface area contributed by atoms with Crippen LogP contribution in [0.15, 0.2) is 12.2 Å². The summed E-state index contributed by atoms with van der Waals surface area (Å²) in [4.78, 5) is 37.2. The van der Waals surface area contributed by atoms with E-state index in [1.807, 2.05) is 21.1 Å². The summed E-state index contributed by atoms with van der Waals surface area (Å²) in [5, 5.41) is 11.7. The molecule has 0 aromatic heterocycles. The Labute approximate surface area is 402 Å². The highest BCUT2D eigenvalue weighted by molar-refractivity contribution is 5.70. The van der Waals surface area contributed by atoms with Crippen LogP contribution in [0.25, 0.3) is 0 Å². The largest absolute Gasteiger partial charge is 0.545 e. The van der Waals surface area contributed by atoms with Crippen molar-refractivity contribution in [2.45, 2.75) is 283 Å². The minimum atomic E-state index is -1.62. The second-order valence-electron chi connectivity index (χ2n) is 20.2. The Bertz CT molecular complexity index is 1070. The van der Waals surface area contributed by atoms with Gasteiger partial charge in [0.15, 0.2) is 12.4 Å². The number of nitrogens with zero attached hydrogens (tertiary/aromatic N) is 1. The van der Waals surface area contributed by atoms with E-state index in [0.717, 1.165) is 51.4 Å². The number of unbranched alkanes of at least 4 members (excludes halogenated alkanes) is 35. The van der Waals surface area contributed by atoms with Crippen molar-refractivity contribution >= 4 is 17.9 Å². The minimum Gasteiger partial charge on any atom is -0.545 e. The van der Waals surface area contributed by atoms with Crippen LogP contribution in [0.1, 0.15) is 271 Å². The molecule has 2 atom stereocenters. The zero-order valence-electron chi connectivity index (χ0n) is 43.6. The van der Waals surface area contributed by atoms with Crippen molar-refractivity contribution in [1.82, 2.24) is 0 Å². The van der Waals surface area contributed by atoms with Crippen LogP contribution in [-0.2, 0) is 33.3 Å². The van der Waals surface area contributed by atoms with Crippen LogP contribution in [0, 0.1) is 0 Å². The molecule has 384 valence electrons. The van der Waals surface area contributed by atoms with Gasteiger partial charge in [0.25, 0.3) is 0 Å². The van der Waals surface area contributed by atoms with Gasteiger partial charge in [-0.3, -0.25) is 9.59 Å². The fraction of sp³-hybridized carbons (Fsp3) is 0.911. The lowest BCUT2D eigenvalue weighted by Gasteiger charge is -2.26. The summed E-state index contributed by atoms with van der Waals surface area (Å²) in [6, 6.07) is 0. The normalized spacial score (nSPS) is 12.8. The Morgan fingerprint density at radius 2 is 0.785 bits per heavy atom. The number of carbonyl (C=O) groups excluding carboxylic acids is 3. The highest BCUT2D eigenvalue weighted by Gasteiger charge is 2.22. The lowest BCUT2D eigenvalue weighted by atomic mass is 10.0. The number of carboxylic acids is 1. The van der Waals surface area contributed by atoms with Crippen molar-refractivity contribution in [2.75, 3.05) is 47.5 Å². The third kappa shape index (κ3) is 49.8. The number of hydrogen-bond acceptors (Lipinski definition) is 8. The van der Waals surface area contributed by atoms with Gasteiger partial charge in [-0.2, -0.15) is 0 Å². The van der Waals surface area contributed by atoms with Crippen molar-refractivity contribution in [3.05, 3.63) is 12.2 Å². The average Bonchev–Trinajstić information content (AvgIpc) is 3.27. The molecule has 0 aromatic carbocycles. The van der Waals surface area contributed by atoms with Gasteiger partial charge in [0, 0.05) is 12.8 Å². The van der Waals surface area contributed by atoms with E-state index in [2.05, 4.69) is 26.0 Å². The number of carboxylic acid groups (broad SMARTS) is 1. The zero-order chi connectivity index (χ0) is 47.7. The molecule has 0 heterocycles. The van der Waals surface area contributed by atoms with Gasteiger partial charge >= 0.3 is 11.9 Å². The smallest absolute Gasteiger partial charge is 0.306 e. The van der Waals surface area contributed by atoms with E-state index in [1.165, 1.54) is 186 Å². The zero-order valence-corrected chi connectivity index (χ0v) is 43.6. The molecule has 0 spiro atoms. The Morgan fingerprint density at radius 1 is 0.446 bits per heavy atom. The summed E-state index contributed by atoms with van der Waals surface area (Å²) in [5.74, 6) is -2.28. The summed E-state index contributed by atoms with van der Waals surface area (Å²) in [7, 11) is 5.92. The van der Waals surface area contributed by atoms with Crippen LogP contribution in [0.4, 0.5) is 0 Å². The molecule has 0 radical (unpaired) electrons. The quantitative estimate of drug-likeness (QED) is 0.0195. The van der Waals surface area contributed by atoms with Gasteiger partial charge in [-0.05, 0) is 38.5 Å². The molecule has 0 saturated heterocycles. The number of allylic oxidation sites excluding steroid dienone is 2. The van der Waals surface area contributed by atoms with E-state index in [9.17, 15) is 19.5 Å². The van der Waals surface area contributed by atoms with E-state index in [1.54, 1.807) is 0 Å². The molecular formula is C56H107NO8. The Morgan fingerprint density at radius 3 is 1.14 bits per heavy atom. The standard InChI is InChI=1S/C56H107NO8/c1-6-8-10-12-14-16-18-20-22-23-24-25-26-27-28-29-30-31-32-33-35-36-38-40-42-44-46-53(58)63-50-52(51-64-56(55(60)61)62-49-48-57(3,4)5)65-54(59)47-45-43-41-39-37-34-21-19-17-15-13-11-9-7-2/h19,21,52,56H,6-18,20,22-51H2,1-5H3/b21-19-. The molecule has 65 heavy (non-hydrogen) atoms. The maximum atomic E-state index is 12.8. The molecule has 9 heteroatoms. The van der Waals surface area contributed by atoms with Crippen LogP contribution >= 0.6 is 0 Å². The molecule has 0 saturated carbocycles. The molecular weight excluding hydrogens is 815 g/mol. The highest BCUT2D eigenvalue weighted by Crippen LogP contribution is 2.17. The first-order chi connectivity index (χ1) is 31.6. The Hall–Kier alpha value is -1.97. The summed E-state index contributed by atoms with van der Waals surface area (Å²) >= 11 is 0. The van der Waals surface area contributed by atoms with Gasteiger partial charge in [-0.15, -0.1) is 0 Å². The van der Waals surface area contributed by atoms with Crippen LogP contribution in [0.3, 0.4) is 0 Å². The summed E-state index contributed by atoms with van der Waals surface area (Å²) < 4.78 is 22.7. The molecule has 0 bridgehead atoms. The number of ether oxygens (including phenoxy) is 4. The van der Waals surface area contributed by atoms with Gasteiger partial charge in [-0.1, -0.05) is 231 Å². The van der Waals surface area contributed by atoms with E-state index in [0.29, 0.717) is 23.9 Å². The van der Waals surface area contributed by atoms with E-state index in [-0.39, 0.29) is 32.2 Å².